The van der Waals surface area contributed by atoms with Crippen LogP contribution < -0.4 is 0 Å². The first kappa shape index (κ1) is 10.2. The number of rotatable bonds is 4. The molecule has 0 aliphatic heterocycles. The van der Waals surface area contributed by atoms with Gasteiger partial charge in [-0.05, 0) is 44.6 Å². The second kappa shape index (κ2) is 4.05. The van der Waals surface area contributed by atoms with Crippen molar-refractivity contribution in [2.75, 3.05) is 0 Å². The van der Waals surface area contributed by atoms with E-state index in [4.69, 9.17) is 0 Å². The number of hydrogen-bond donors (Lipinski definition) is 0. The Balaban J connectivity index is 1.87. The van der Waals surface area contributed by atoms with Gasteiger partial charge in [-0.2, -0.15) is 5.10 Å². The fraction of sp³-hybridized carbons (Fsp3) is 0.727. The Kier molecular flexibility index (Phi) is 2.96. The number of aromatic nitrogens is 2. The Labute approximate surface area is 93.8 Å². The van der Waals surface area contributed by atoms with E-state index >= 15 is 0 Å². The first-order chi connectivity index (χ1) is 6.66. The molecule has 1 saturated carbocycles. The van der Waals surface area contributed by atoms with E-state index in [0.717, 1.165) is 22.9 Å². The Morgan fingerprint density at radius 1 is 1.64 bits per heavy atom. The normalized spacial score (nSPS) is 18.5. The summed E-state index contributed by atoms with van der Waals surface area (Å²) < 4.78 is 2.00. The summed E-state index contributed by atoms with van der Waals surface area (Å²) in [4.78, 5) is 0.720. The number of alkyl halides is 1. The van der Waals surface area contributed by atoms with Crippen molar-refractivity contribution in [3.05, 3.63) is 17.5 Å². The largest absolute Gasteiger partial charge is 0.272 e. The first-order valence-corrected chi connectivity index (χ1v) is 6.22. The maximum atomic E-state index is 4.35. The van der Waals surface area contributed by atoms with Gasteiger partial charge >= 0.3 is 0 Å². The van der Waals surface area contributed by atoms with Crippen LogP contribution in [0.1, 0.15) is 30.7 Å². The predicted octanol–water partition coefficient (Wildman–Crippen LogP) is 2.83. The minimum absolute atomic E-state index is 0.720. The van der Waals surface area contributed by atoms with Gasteiger partial charge in [-0.25, -0.2) is 0 Å². The molecule has 1 aromatic heterocycles. The van der Waals surface area contributed by atoms with Crippen LogP contribution in [0.15, 0.2) is 6.07 Å². The molecule has 0 saturated heterocycles. The molecule has 1 aliphatic rings. The Bertz CT molecular complexity index is 315. The molecular weight excluding hydrogens is 240 g/mol. The van der Waals surface area contributed by atoms with Crippen molar-refractivity contribution < 1.29 is 0 Å². The average Bonchev–Trinajstić information content (AvgIpc) is 2.90. The molecule has 0 spiro atoms. The van der Waals surface area contributed by atoms with E-state index in [1.54, 1.807) is 0 Å². The second-order valence-corrected chi connectivity index (χ2v) is 5.47. The van der Waals surface area contributed by atoms with Gasteiger partial charge in [0.2, 0.25) is 0 Å². The summed E-state index contributed by atoms with van der Waals surface area (Å²) in [5.74, 6) is 0.948. The zero-order valence-electron chi connectivity index (χ0n) is 8.83. The molecule has 0 N–H and O–H groups in total. The molecule has 0 amide bonds. The van der Waals surface area contributed by atoms with Gasteiger partial charge in [-0.15, -0.1) is 0 Å². The lowest BCUT2D eigenvalue weighted by Crippen LogP contribution is -2.05. The number of aryl methyl sites for hydroxylation is 3. The van der Waals surface area contributed by atoms with Crippen molar-refractivity contribution >= 4 is 15.9 Å². The number of hydrogen-bond acceptors (Lipinski definition) is 1. The summed E-state index contributed by atoms with van der Waals surface area (Å²) in [7, 11) is 2.03. The van der Waals surface area contributed by atoms with E-state index in [1.165, 1.54) is 25.0 Å². The quantitative estimate of drug-likeness (QED) is 0.758. The minimum Gasteiger partial charge on any atom is -0.272 e. The van der Waals surface area contributed by atoms with Crippen molar-refractivity contribution in [1.29, 1.82) is 0 Å². The maximum absolute atomic E-state index is 4.35. The van der Waals surface area contributed by atoms with Crippen LogP contribution in [0.2, 0.25) is 0 Å². The van der Waals surface area contributed by atoms with Gasteiger partial charge < -0.3 is 0 Å². The highest BCUT2D eigenvalue weighted by atomic mass is 79.9. The highest BCUT2D eigenvalue weighted by molar-refractivity contribution is 9.09. The standard InChI is InChI=1S/C11H17BrN2/c1-8-7-10(14(2)13-8)5-6-11(12)9-3-4-9/h7,9,11H,3-6H2,1-2H3. The smallest absolute Gasteiger partial charge is 0.0596 e. The molecule has 3 heteroatoms. The molecule has 0 aromatic carbocycles. The Morgan fingerprint density at radius 2 is 2.36 bits per heavy atom. The molecular formula is C11H17BrN2. The average molecular weight is 257 g/mol. The van der Waals surface area contributed by atoms with Crippen molar-refractivity contribution in [3.63, 3.8) is 0 Å². The van der Waals surface area contributed by atoms with Crippen LogP contribution in [0, 0.1) is 12.8 Å². The summed E-state index contributed by atoms with van der Waals surface area (Å²) in [6.45, 7) is 2.05. The third-order valence-corrected chi connectivity index (χ3v) is 4.11. The molecule has 1 fully saturated rings. The van der Waals surface area contributed by atoms with Gasteiger partial charge in [0.25, 0.3) is 0 Å². The van der Waals surface area contributed by atoms with E-state index in [-0.39, 0.29) is 0 Å². The third-order valence-electron chi connectivity index (χ3n) is 2.91. The summed E-state index contributed by atoms with van der Waals surface area (Å²) in [5.41, 5.74) is 2.48. The molecule has 1 atom stereocenters. The number of nitrogens with zero attached hydrogens (tertiary/aromatic N) is 2. The summed E-state index contributed by atoms with van der Waals surface area (Å²) in [6, 6.07) is 2.19. The van der Waals surface area contributed by atoms with E-state index < -0.39 is 0 Å². The molecule has 0 radical (unpaired) electrons. The van der Waals surface area contributed by atoms with Crippen LogP contribution in [0.3, 0.4) is 0 Å². The van der Waals surface area contributed by atoms with Gasteiger partial charge in [0.05, 0.1) is 5.69 Å². The molecule has 14 heavy (non-hydrogen) atoms. The highest BCUT2D eigenvalue weighted by Crippen LogP contribution is 2.38. The van der Waals surface area contributed by atoms with Crippen molar-refractivity contribution in [2.45, 2.75) is 37.4 Å². The van der Waals surface area contributed by atoms with Crippen LogP contribution in [-0.2, 0) is 13.5 Å². The summed E-state index contributed by atoms with van der Waals surface area (Å²) in [5, 5.41) is 4.35. The van der Waals surface area contributed by atoms with Gasteiger partial charge in [-0.1, -0.05) is 15.9 Å². The van der Waals surface area contributed by atoms with E-state index in [9.17, 15) is 0 Å². The molecule has 0 bridgehead atoms. The lowest BCUT2D eigenvalue weighted by molar-refractivity contribution is 0.644. The first-order valence-electron chi connectivity index (χ1n) is 5.30. The van der Waals surface area contributed by atoms with Gasteiger partial charge in [0.1, 0.15) is 0 Å². The zero-order chi connectivity index (χ0) is 10.1. The fourth-order valence-corrected chi connectivity index (χ4v) is 2.64. The second-order valence-electron chi connectivity index (χ2n) is 4.29. The van der Waals surface area contributed by atoms with Gasteiger partial charge in [0.15, 0.2) is 0 Å². The molecule has 2 nitrogen and oxygen atoms in total. The van der Waals surface area contributed by atoms with E-state index in [1.807, 2.05) is 11.7 Å². The lowest BCUT2D eigenvalue weighted by Gasteiger charge is -2.07. The number of halogens is 1. The Morgan fingerprint density at radius 3 is 2.86 bits per heavy atom. The fourth-order valence-electron chi connectivity index (χ4n) is 1.88. The lowest BCUT2D eigenvalue weighted by atomic mass is 10.1. The van der Waals surface area contributed by atoms with Crippen LogP contribution in [0.25, 0.3) is 0 Å². The van der Waals surface area contributed by atoms with Crippen molar-refractivity contribution in [3.8, 4) is 0 Å². The molecule has 1 aliphatic carbocycles. The third kappa shape index (κ3) is 2.38. The van der Waals surface area contributed by atoms with E-state index in [0.29, 0.717) is 0 Å². The van der Waals surface area contributed by atoms with E-state index in [2.05, 4.69) is 34.0 Å². The van der Waals surface area contributed by atoms with Gasteiger partial charge in [0, 0.05) is 17.6 Å². The topological polar surface area (TPSA) is 17.8 Å². The monoisotopic (exact) mass is 256 g/mol. The SMILES string of the molecule is Cc1cc(CCC(Br)C2CC2)n(C)n1. The van der Waals surface area contributed by atoms with Crippen LogP contribution in [0.5, 0.6) is 0 Å². The maximum Gasteiger partial charge on any atom is 0.0596 e. The Hall–Kier alpha value is -0.310. The highest BCUT2D eigenvalue weighted by Gasteiger charge is 2.28. The van der Waals surface area contributed by atoms with Crippen LogP contribution in [-0.4, -0.2) is 14.6 Å². The summed E-state index contributed by atoms with van der Waals surface area (Å²) in [6.07, 6.45) is 5.22. The molecule has 1 heterocycles. The molecule has 78 valence electrons. The molecule has 1 unspecified atom stereocenters. The van der Waals surface area contributed by atoms with Gasteiger partial charge in [-0.3, -0.25) is 4.68 Å². The van der Waals surface area contributed by atoms with Crippen molar-refractivity contribution in [2.24, 2.45) is 13.0 Å². The predicted molar refractivity (Wildman–Crippen MR) is 61.7 cm³/mol. The minimum atomic E-state index is 0.720. The zero-order valence-corrected chi connectivity index (χ0v) is 10.4. The molecule has 2 rings (SSSR count). The molecule has 1 aromatic rings. The summed E-state index contributed by atoms with van der Waals surface area (Å²) >= 11 is 3.76. The van der Waals surface area contributed by atoms with Crippen molar-refractivity contribution in [1.82, 2.24) is 9.78 Å². The van der Waals surface area contributed by atoms with Crippen LogP contribution in [0.4, 0.5) is 0 Å². The van der Waals surface area contributed by atoms with Crippen LogP contribution >= 0.6 is 15.9 Å².